The van der Waals surface area contributed by atoms with Crippen LogP contribution in [0.2, 0.25) is 0 Å². The number of hydrogen-bond donors (Lipinski definition) is 2. The standard InChI is InChI=1S/C16H18O2/c1-16(2,3)13-10-9-12(14(17)15(13)18)11-7-5-4-6-8-11/h4-10,17-18H,1-3H3. The van der Waals surface area contributed by atoms with Crippen LogP contribution in [0.1, 0.15) is 26.3 Å². The van der Waals surface area contributed by atoms with E-state index in [2.05, 4.69) is 0 Å². The minimum Gasteiger partial charge on any atom is -0.504 e. The van der Waals surface area contributed by atoms with E-state index in [9.17, 15) is 10.2 Å². The van der Waals surface area contributed by atoms with E-state index in [4.69, 9.17) is 0 Å². The third-order valence-electron chi connectivity index (χ3n) is 3.04. The highest BCUT2D eigenvalue weighted by atomic mass is 16.3. The number of benzene rings is 2. The van der Waals surface area contributed by atoms with Crippen LogP contribution in [0.5, 0.6) is 11.5 Å². The highest BCUT2D eigenvalue weighted by Crippen LogP contribution is 2.42. The molecular weight excluding hydrogens is 224 g/mol. The van der Waals surface area contributed by atoms with Crippen molar-refractivity contribution in [1.82, 2.24) is 0 Å². The van der Waals surface area contributed by atoms with Gasteiger partial charge in [-0.05, 0) is 11.0 Å². The lowest BCUT2D eigenvalue weighted by molar-refractivity contribution is 0.390. The van der Waals surface area contributed by atoms with Crippen molar-refractivity contribution in [2.75, 3.05) is 0 Å². The third kappa shape index (κ3) is 2.19. The zero-order valence-electron chi connectivity index (χ0n) is 10.9. The Bertz CT molecular complexity index is 551. The molecule has 2 aromatic rings. The molecular formula is C16H18O2. The molecule has 0 saturated carbocycles. The second-order valence-corrected chi connectivity index (χ2v) is 5.47. The van der Waals surface area contributed by atoms with E-state index in [-0.39, 0.29) is 16.9 Å². The molecule has 0 bridgehead atoms. The largest absolute Gasteiger partial charge is 0.504 e. The second-order valence-electron chi connectivity index (χ2n) is 5.47. The van der Waals surface area contributed by atoms with Crippen LogP contribution in [0.25, 0.3) is 11.1 Å². The van der Waals surface area contributed by atoms with Crippen LogP contribution in [0.4, 0.5) is 0 Å². The molecule has 0 aliphatic carbocycles. The van der Waals surface area contributed by atoms with Gasteiger partial charge in [0.05, 0.1) is 0 Å². The summed E-state index contributed by atoms with van der Waals surface area (Å²) in [6, 6.07) is 13.3. The van der Waals surface area contributed by atoms with Crippen LogP contribution in [0.15, 0.2) is 42.5 Å². The molecule has 2 heteroatoms. The van der Waals surface area contributed by atoms with Gasteiger partial charge in [-0.1, -0.05) is 63.2 Å². The summed E-state index contributed by atoms with van der Waals surface area (Å²) in [5.41, 5.74) is 2.10. The Morgan fingerprint density at radius 1 is 0.778 bits per heavy atom. The first kappa shape index (κ1) is 12.5. The average Bonchev–Trinajstić information content (AvgIpc) is 2.32. The van der Waals surface area contributed by atoms with Gasteiger partial charge in [-0.25, -0.2) is 0 Å². The summed E-state index contributed by atoms with van der Waals surface area (Å²) < 4.78 is 0. The van der Waals surface area contributed by atoms with E-state index >= 15 is 0 Å². The van der Waals surface area contributed by atoms with E-state index in [1.807, 2.05) is 63.2 Å². The zero-order chi connectivity index (χ0) is 13.3. The minimum atomic E-state index is -0.198. The number of phenols is 2. The van der Waals surface area contributed by atoms with Crippen LogP contribution >= 0.6 is 0 Å². The monoisotopic (exact) mass is 242 g/mol. The first-order valence-electron chi connectivity index (χ1n) is 6.02. The maximum atomic E-state index is 10.1. The van der Waals surface area contributed by atoms with Crippen LogP contribution in [0, 0.1) is 0 Å². The molecule has 18 heavy (non-hydrogen) atoms. The van der Waals surface area contributed by atoms with Crippen LogP contribution in [-0.4, -0.2) is 10.2 Å². The normalized spacial score (nSPS) is 11.5. The fraction of sp³-hybridized carbons (Fsp3) is 0.250. The number of rotatable bonds is 1. The Morgan fingerprint density at radius 2 is 1.39 bits per heavy atom. The quantitative estimate of drug-likeness (QED) is 0.740. The van der Waals surface area contributed by atoms with E-state index in [1.165, 1.54) is 0 Å². The molecule has 0 amide bonds. The topological polar surface area (TPSA) is 40.5 Å². The predicted octanol–water partition coefficient (Wildman–Crippen LogP) is 4.06. The summed E-state index contributed by atoms with van der Waals surface area (Å²) in [6.07, 6.45) is 0. The Balaban J connectivity index is 2.58. The fourth-order valence-electron chi connectivity index (χ4n) is 2.04. The van der Waals surface area contributed by atoms with Gasteiger partial charge in [0.2, 0.25) is 0 Å². The van der Waals surface area contributed by atoms with Crippen LogP contribution in [-0.2, 0) is 5.41 Å². The van der Waals surface area contributed by atoms with Gasteiger partial charge in [0.1, 0.15) is 0 Å². The van der Waals surface area contributed by atoms with Crippen molar-refractivity contribution < 1.29 is 10.2 Å². The molecule has 94 valence electrons. The van der Waals surface area contributed by atoms with E-state index in [1.54, 1.807) is 0 Å². The van der Waals surface area contributed by atoms with Gasteiger partial charge in [-0.2, -0.15) is 0 Å². The summed E-state index contributed by atoms with van der Waals surface area (Å²) in [4.78, 5) is 0. The van der Waals surface area contributed by atoms with Gasteiger partial charge in [-0.15, -0.1) is 0 Å². The van der Waals surface area contributed by atoms with E-state index in [0.29, 0.717) is 5.56 Å². The lowest BCUT2D eigenvalue weighted by Gasteiger charge is -2.21. The molecule has 2 aromatic carbocycles. The Labute approximate surface area is 108 Å². The van der Waals surface area contributed by atoms with Crippen molar-refractivity contribution in [2.24, 2.45) is 0 Å². The zero-order valence-corrected chi connectivity index (χ0v) is 10.9. The Kier molecular flexibility index (Phi) is 3.04. The lowest BCUT2D eigenvalue weighted by Crippen LogP contribution is -2.11. The molecule has 0 aliphatic heterocycles. The molecule has 2 rings (SSSR count). The highest BCUT2D eigenvalue weighted by molar-refractivity contribution is 5.74. The van der Waals surface area contributed by atoms with Crippen molar-refractivity contribution in [3.05, 3.63) is 48.0 Å². The van der Waals surface area contributed by atoms with Gasteiger partial charge in [-0.3, -0.25) is 0 Å². The number of aromatic hydroxyl groups is 2. The predicted molar refractivity (Wildman–Crippen MR) is 73.9 cm³/mol. The van der Waals surface area contributed by atoms with E-state index < -0.39 is 0 Å². The Hall–Kier alpha value is -1.96. The van der Waals surface area contributed by atoms with Crippen molar-refractivity contribution >= 4 is 0 Å². The highest BCUT2D eigenvalue weighted by Gasteiger charge is 2.22. The first-order chi connectivity index (χ1) is 8.41. The molecule has 2 N–H and O–H groups in total. The fourth-order valence-corrected chi connectivity index (χ4v) is 2.04. The van der Waals surface area contributed by atoms with E-state index in [0.717, 1.165) is 11.1 Å². The molecule has 0 spiro atoms. The van der Waals surface area contributed by atoms with Gasteiger partial charge in [0.15, 0.2) is 11.5 Å². The molecule has 0 unspecified atom stereocenters. The van der Waals surface area contributed by atoms with Gasteiger partial charge >= 0.3 is 0 Å². The molecule has 0 aliphatic rings. The third-order valence-corrected chi connectivity index (χ3v) is 3.04. The summed E-state index contributed by atoms with van der Waals surface area (Å²) in [5.74, 6) is -0.0718. The van der Waals surface area contributed by atoms with Crippen LogP contribution < -0.4 is 0 Å². The van der Waals surface area contributed by atoms with Crippen molar-refractivity contribution in [1.29, 1.82) is 0 Å². The number of hydrogen-bond acceptors (Lipinski definition) is 2. The van der Waals surface area contributed by atoms with Gasteiger partial charge in [0, 0.05) is 11.1 Å². The lowest BCUT2D eigenvalue weighted by atomic mass is 9.85. The summed E-state index contributed by atoms with van der Waals surface area (Å²) in [6.45, 7) is 6.01. The van der Waals surface area contributed by atoms with Gasteiger partial charge < -0.3 is 10.2 Å². The average molecular weight is 242 g/mol. The smallest absolute Gasteiger partial charge is 0.165 e. The molecule has 0 radical (unpaired) electrons. The summed E-state index contributed by atoms with van der Waals surface area (Å²) in [5, 5.41) is 20.3. The SMILES string of the molecule is CC(C)(C)c1ccc(-c2ccccc2)c(O)c1O. The molecule has 0 fully saturated rings. The first-order valence-corrected chi connectivity index (χ1v) is 6.02. The molecule has 0 atom stereocenters. The summed E-state index contributed by atoms with van der Waals surface area (Å²) in [7, 11) is 0. The molecule has 0 aromatic heterocycles. The molecule has 2 nitrogen and oxygen atoms in total. The molecule has 0 heterocycles. The van der Waals surface area contributed by atoms with Crippen molar-refractivity contribution in [3.8, 4) is 22.6 Å². The number of phenolic OH excluding ortho intramolecular Hbond substituents is 2. The maximum absolute atomic E-state index is 10.1. The maximum Gasteiger partial charge on any atom is 0.165 e. The Morgan fingerprint density at radius 3 is 1.94 bits per heavy atom. The molecule has 0 saturated heterocycles. The minimum absolute atomic E-state index is 0.0242. The van der Waals surface area contributed by atoms with Crippen LogP contribution in [0.3, 0.4) is 0 Å². The van der Waals surface area contributed by atoms with Gasteiger partial charge in [0.25, 0.3) is 0 Å². The summed E-state index contributed by atoms with van der Waals surface area (Å²) >= 11 is 0. The second kappa shape index (κ2) is 4.37. The van der Waals surface area contributed by atoms with Crippen molar-refractivity contribution in [3.63, 3.8) is 0 Å². The van der Waals surface area contributed by atoms with Crippen molar-refractivity contribution in [2.45, 2.75) is 26.2 Å².